The molecule has 29 heavy (non-hydrogen) atoms. The molecule has 0 saturated carbocycles. The van der Waals surface area contributed by atoms with Crippen molar-refractivity contribution in [2.45, 2.75) is 19.8 Å². The molecule has 2 aromatic rings. The molecule has 0 spiro atoms. The molecule has 0 saturated heterocycles. The van der Waals surface area contributed by atoms with E-state index in [2.05, 4.69) is 10.6 Å². The first-order valence-electron chi connectivity index (χ1n) is 9.13. The number of ether oxygens (including phenoxy) is 3. The molecule has 0 radical (unpaired) electrons. The number of amides is 2. The fourth-order valence-electron chi connectivity index (χ4n) is 2.39. The van der Waals surface area contributed by atoms with Crippen LogP contribution < -0.4 is 20.1 Å². The van der Waals surface area contributed by atoms with E-state index in [0.29, 0.717) is 29.5 Å². The van der Waals surface area contributed by atoms with Crippen LogP contribution in [0.25, 0.3) is 0 Å². The maximum absolute atomic E-state index is 12.0. The Bertz CT molecular complexity index is 835. The van der Waals surface area contributed by atoms with Crippen molar-refractivity contribution in [2.24, 2.45) is 0 Å². The van der Waals surface area contributed by atoms with Crippen molar-refractivity contribution in [3.63, 3.8) is 0 Å². The molecule has 0 aromatic heterocycles. The first-order chi connectivity index (χ1) is 14.0. The van der Waals surface area contributed by atoms with Gasteiger partial charge in [0.15, 0.2) is 6.61 Å². The van der Waals surface area contributed by atoms with Gasteiger partial charge in [0.05, 0.1) is 25.8 Å². The van der Waals surface area contributed by atoms with Crippen molar-refractivity contribution in [3.05, 3.63) is 48.5 Å². The summed E-state index contributed by atoms with van der Waals surface area (Å²) < 4.78 is 15.4. The number of nitrogens with one attached hydrogen (secondary N) is 2. The van der Waals surface area contributed by atoms with E-state index in [-0.39, 0.29) is 18.7 Å². The summed E-state index contributed by atoms with van der Waals surface area (Å²) in [5.74, 6) is -0.244. The van der Waals surface area contributed by atoms with Crippen LogP contribution in [-0.4, -0.2) is 38.1 Å². The van der Waals surface area contributed by atoms with Gasteiger partial charge in [-0.15, -0.1) is 0 Å². The second kappa shape index (κ2) is 11.3. The molecule has 2 amide bonds. The Morgan fingerprint density at radius 2 is 1.62 bits per heavy atom. The third-order valence-electron chi connectivity index (χ3n) is 3.75. The number of esters is 1. The normalized spacial score (nSPS) is 10.0. The molecule has 0 aliphatic heterocycles. The first kappa shape index (κ1) is 21.7. The van der Waals surface area contributed by atoms with Gasteiger partial charge in [-0.1, -0.05) is 12.1 Å². The zero-order chi connectivity index (χ0) is 21.1. The summed E-state index contributed by atoms with van der Waals surface area (Å²) in [5.41, 5.74) is 1.08. The van der Waals surface area contributed by atoms with Crippen LogP contribution >= 0.6 is 0 Å². The van der Waals surface area contributed by atoms with Gasteiger partial charge in [-0.3, -0.25) is 14.4 Å². The monoisotopic (exact) mass is 400 g/mol. The van der Waals surface area contributed by atoms with E-state index in [4.69, 9.17) is 14.2 Å². The quantitative estimate of drug-likeness (QED) is 0.595. The van der Waals surface area contributed by atoms with Crippen molar-refractivity contribution in [1.29, 1.82) is 0 Å². The van der Waals surface area contributed by atoms with E-state index in [0.717, 1.165) is 0 Å². The number of hydrogen-bond donors (Lipinski definition) is 2. The Kier molecular flexibility index (Phi) is 8.50. The maximum Gasteiger partial charge on any atom is 0.306 e. The second-order valence-corrected chi connectivity index (χ2v) is 5.91. The summed E-state index contributed by atoms with van der Waals surface area (Å²) in [7, 11) is 1.50. The van der Waals surface area contributed by atoms with Gasteiger partial charge < -0.3 is 24.8 Å². The zero-order valence-electron chi connectivity index (χ0n) is 16.4. The third kappa shape index (κ3) is 7.53. The van der Waals surface area contributed by atoms with Gasteiger partial charge in [-0.05, 0) is 43.3 Å². The largest absolute Gasteiger partial charge is 0.495 e. The molecule has 2 rings (SSSR count). The van der Waals surface area contributed by atoms with Crippen molar-refractivity contribution >= 4 is 29.2 Å². The average Bonchev–Trinajstić information content (AvgIpc) is 2.73. The maximum atomic E-state index is 12.0. The van der Waals surface area contributed by atoms with Gasteiger partial charge in [0, 0.05) is 12.1 Å². The molecule has 0 unspecified atom stereocenters. The summed E-state index contributed by atoms with van der Waals surface area (Å²) in [6.45, 7) is 2.00. The Labute approximate surface area is 169 Å². The fourth-order valence-corrected chi connectivity index (χ4v) is 2.39. The zero-order valence-corrected chi connectivity index (χ0v) is 16.4. The number of para-hydroxylation sites is 2. The van der Waals surface area contributed by atoms with Gasteiger partial charge in [-0.25, -0.2) is 0 Å². The van der Waals surface area contributed by atoms with Crippen LogP contribution in [0.3, 0.4) is 0 Å². The van der Waals surface area contributed by atoms with Crippen LogP contribution in [0.2, 0.25) is 0 Å². The summed E-state index contributed by atoms with van der Waals surface area (Å²) in [6.07, 6.45) is -0.214. The van der Waals surface area contributed by atoms with Crippen LogP contribution in [0.1, 0.15) is 19.8 Å². The number of rotatable bonds is 10. The number of benzene rings is 2. The number of methoxy groups -OCH3 is 1. The third-order valence-corrected chi connectivity index (χ3v) is 3.75. The van der Waals surface area contributed by atoms with Crippen LogP contribution in [0, 0.1) is 0 Å². The number of hydrogen-bond acceptors (Lipinski definition) is 6. The average molecular weight is 400 g/mol. The minimum absolute atomic E-state index is 0.0720. The first-order valence-corrected chi connectivity index (χ1v) is 9.13. The minimum Gasteiger partial charge on any atom is -0.495 e. The summed E-state index contributed by atoms with van der Waals surface area (Å²) in [6, 6.07) is 13.8. The lowest BCUT2D eigenvalue weighted by Gasteiger charge is -2.10. The summed E-state index contributed by atoms with van der Waals surface area (Å²) in [4.78, 5) is 35.6. The molecule has 8 nitrogen and oxygen atoms in total. The molecule has 2 N–H and O–H groups in total. The minimum atomic E-state index is -0.637. The number of anilines is 2. The Morgan fingerprint density at radius 3 is 2.31 bits per heavy atom. The van der Waals surface area contributed by atoms with E-state index < -0.39 is 18.5 Å². The van der Waals surface area contributed by atoms with Crippen molar-refractivity contribution in [3.8, 4) is 11.5 Å². The van der Waals surface area contributed by atoms with Gasteiger partial charge in [0.25, 0.3) is 5.91 Å². The van der Waals surface area contributed by atoms with Gasteiger partial charge >= 0.3 is 5.97 Å². The molecular formula is C21H24N2O6. The summed E-state index contributed by atoms with van der Waals surface area (Å²) in [5, 5.41) is 5.28. The van der Waals surface area contributed by atoms with Crippen molar-refractivity contribution in [2.75, 3.05) is 31.0 Å². The predicted octanol–water partition coefficient (Wildman–Crippen LogP) is 2.99. The van der Waals surface area contributed by atoms with E-state index >= 15 is 0 Å². The summed E-state index contributed by atoms with van der Waals surface area (Å²) >= 11 is 0. The highest BCUT2D eigenvalue weighted by Crippen LogP contribution is 2.23. The lowest BCUT2D eigenvalue weighted by atomic mass is 10.2. The SMILES string of the molecule is CCOc1ccc(NC(=O)COC(=O)CCC(=O)Nc2ccccc2OC)cc1. The molecule has 154 valence electrons. The lowest BCUT2D eigenvalue weighted by molar-refractivity contribution is -0.147. The molecule has 0 bridgehead atoms. The molecule has 0 aliphatic carbocycles. The molecule has 8 heteroatoms. The van der Waals surface area contributed by atoms with E-state index in [1.165, 1.54) is 7.11 Å². The smallest absolute Gasteiger partial charge is 0.306 e. The predicted molar refractivity (Wildman–Crippen MR) is 108 cm³/mol. The highest BCUT2D eigenvalue weighted by molar-refractivity contribution is 5.95. The molecule has 0 aliphatic rings. The van der Waals surface area contributed by atoms with Crippen LogP contribution in [0.5, 0.6) is 11.5 Å². The standard InChI is InChI=1S/C21H24N2O6/c1-3-28-16-10-8-15(9-11-16)22-20(25)14-29-21(26)13-12-19(24)23-17-6-4-5-7-18(17)27-2/h4-11H,3,12-14H2,1-2H3,(H,22,25)(H,23,24). The Hall–Kier alpha value is -3.55. The molecular weight excluding hydrogens is 376 g/mol. The number of carbonyl (C=O) groups excluding carboxylic acids is 3. The lowest BCUT2D eigenvalue weighted by Crippen LogP contribution is -2.21. The highest BCUT2D eigenvalue weighted by atomic mass is 16.5. The van der Waals surface area contributed by atoms with Crippen LogP contribution in [0.4, 0.5) is 11.4 Å². The Balaban J connectivity index is 1.69. The topological polar surface area (TPSA) is 103 Å². The fraction of sp³-hybridized carbons (Fsp3) is 0.286. The van der Waals surface area contributed by atoms with Gasteiger partial charge in [-0.2, -0.15) is 0 Å². The van der Waals surface area contributed by atoms with Crippen LogP contribution in [-0.2, 0) is 19.1 Å². The molecule has 0 heterocycles. The number of carbonyl (C=O) groups is 3. The van der Waals surface area contributed by atoms with E-state index in [9.17, 15) is 14.4 Å². The second-order valence-electron chi connectivity index (χ2n) is 5.91. The van der Waals surface area contributed by atoms with Crippen LogP contribution in [0.15, 0.2) is 48.5 Å². The highest BCUT2D eigenvalue weighted by Gasteiger charge is 2.12. The van der Waals surface area contributed by atoms with E-state index in [1.54, 1.807) is 48.5 Å². The van der Waals surface area contributed by atoms with Crippen molar-refractivity contribution in [1.82, 2.24) is 0 Å². The molecule has 0 fully saturated rings. The molecule has 0 atom stereocenters. The molecule has 2 aromatic carbocycles. The Morgan fingerprint density at radius 1 is 0.897 bits per heavy atom. The van der Waals surface area contributed by atoms with Gasteiger partial charge in [0.2, 0.25) is 5.91 Å². The van der Waals surface area contributed by atoms with E-state index in [1.807, 2.05) is 6.92 Å². The van der Waals surface area contributed by atoms with Crippen molar-refractivity contribution < 1.29 is 28.6 Å². The van der Waals surface area contributed by atoms with Gasteiger partial charge in [0.1, 0.15) is 11.5 Å².